The number of sulfone groups is 1. The first-order chi connectivity index (χ1) is 16.2. The fraction of sp³-hybridized carbons (Fsp3) is 0.407. The van der Waals surface area contributed by atoms with Crippen molar-refractivity contribution >= 4 is 15.7 Å². The SMILES string of the molecule is Cc1ccccc1CS(=O)(=O)c1ncc(CN(CC2CC2)C(=O)c2ccccc2)n1CC(C)C. The minimum atomic E-state index is -3.66. The van der Waals surface area contributed by atoms with Crippen molar-refractivity contribution in [2.45, 2.75) is 57.6 Å². The molecule has 4 rings (SSSR count). The van der Waals surface area contributed by atoms with Crippen molar-refractivity contribution in [2.24, 2.45) is 11.8 Å². The van der Waals surface area contributed by atoms with E-state index >= 15 is 0 Å². The standard InChI is InChI=1S/C27H33N3O3S/c1-20(2)16-30-25(15-28-27(30)34(32,33)19-24-12-8-7-9-21(24)3)18-29(17-22-13-14-22)26(31)23-10-5-4-6-11-23/h4-12,15,20,22H,13-14,16-19H2,1-3H3. The second-order valence-corrected chi connectivity index (χ2v) is 11.6. The summed E-state index contributed by atoms with van der Waals surface area (Å²) in [6.07, 6.45) is 3.88. The van der Waals surface area contributed by atoms with Crippen LogP contribution in [-0.2, 0) is 28.7 Å². The summed E-state index contributed by atoms with van der Waals surface area (Å²) < 4.78 is 28.7. The van der Waals surface area contributed by atoms with Crippen LogP contribution in [0, 0.1) is 18.8 Å². The molecule has 2 aromatic carbocycles. The van der Waals surface area contributed by atoms with Crippen molar-refractivity contribution in [2.75, 3.05) is 6.54 Å². The highest BCUT2D eigenvalue weighted by Gasteiger charge is 2.30. The molecule has 1 heterocycles. The third-order valence-corrected chi connectivity index (χ3v) is 7.74. The van der Waals surface area contributed by atoms with Crippen LogP contribution in [0.25, 0.3) is 0 Å². The predicted molar refractivity (Wildman–Crippen MR) is 133 cm³/mol. The third kappa shape index (κ3) is 5.76. The molecule has 1 aromatic heterocycles. The molecule has 6 nitrogen and oxygen atoms in total. The normalized spacial score (nSPS) is 13.9. The van der Waals surface area contributed by atoms with Gasteiger partial charge in [0.15, 0.2) is 0 Å². The van der Waals surface area contributed by atoms with E-state index in [4.69, 9.17) is 0 Å². The Morgan fingerprint density at radius 1 is 1.09 bits per heavy atom. The molecule has 180 valence electrons. The molecule has 0 spiro atoms. The van der Waals surface area contributed by atoms with Gasteiger partial charge in [-0.15, -0.1) is 0 Å². The third-order valence-electron chi connectivity index (χ3n) is 6.17. The Bertz CT molecular complexity index is 1250. The van der Waals surface area contributed by atoms with E-state index in [-0.39, 0.29) is 22.7 Å². The van der Waals surface area contributed by atoms with Crippen molar-refractivity contribution in [1.82, 2.24) is 14.5 Å². The van der Waals surface area contributed by atoms with Crippen molar-refractivity contribution in [3.63, 3.8) is 0 Å². The Hall–Kier alpha value is -2.93. The van der Waals surface area contributed by atoms with Gasteiger partial charge in [-0.25, -0.2) is 13.4 Å². The molecule has 1 fully saturated rings. The Kier molecular flexibility index (Phi) is 7.22. The van der Waals surface area contributed by atoms with Crippen LogP contribution in [0.15, 0.2) is 66.0 Å². The molecule has 1 saturated carbocycles. The summed E-state index contributed by atoms with van der Waals surface area (Å²) >= 11 is 0. The maximum Gasteiger partial charge on any atom is 0.254 e. The molecule has 0 unspecified atom stereocenters. The lowest BCUT2D eigenvalue weighted by molar-refractivity contribution is 0.0730. The first-order valence-electron chi connectivity index (χ1n) is 11.9. The molecule has 0 bridgehead atoms. The second kappa shape index (κ2) is 10.1. The molecular weight excluding hydrogens is 446 g/mol. The van der Waals surface area contributed by atoms with Gasteiger partial charge in [-0.1, -0.05) is 56.3 Å². The van der Waals surface area contributed by atoms with Crippen LogP contribution in [0.5, 0.6) is 0 Å². The fourth-order valence-electron chi connectivity index (χ4n) is 4.16. The number of imidazole rings is 1. The number of carbonyl (C=O) groups is 1. The van der Waals surface area contributed by atoms with E-state index in [0.717, 1.165) is 29.7 Å². The first-order valence-corrected chi connectivity index (χ1v) is 13.6. The lowest BCUT2D eigenvalue weighted by Crippen LogP contribution is -2.33. The summed E-state index contributed by atoms with van der Waals surface area (Å²) in [5.74, 6) is 0.609. The molecule has 3 aromatic rings. The summed E-state index contributed by atoms with van der Waals surface area (Å²) in [5.41, 5.74) is 3.11. The Morgan fingerprint density at radius 2 is 1.76 bits per heavy atom. The summed E-state index contributed by atoms with van der Waals surface area (Å²) in [4.78, 5) is 19.5. The number of aromatic nitrogens is 2. The number of benzene rings is 2. The zero-order valence-corrected chi connectivity index (χ0v) is 21.0. The van der Waals surface area contributed by atoms with Crippen molar-refractivity contribution in [3.05, 3.63) is 83.2 Å². The molecule has 1 aliphatic rings. The van der Waals surface area contributed by atoms with Gasteiger partial charge in [0.2, 0.25) is 15.0 Å². The van der Waals surface area contributed by atoms with E-state index < -0.39 is 9.84 Å². The van der Waals surface area contributed by atoms with Gasteiger partial charge in [0.25, 0.3) is 5.91 Å². The van der Waals surface area contributed by atoms with Crippen LogP contribution in [0.1, 0.15) is 53.9 Å². The Labute approximate surface area is 202 Å². The molecule has 0 aliphatic heterocycles. The van der Waals surface area contributed by atoms with Crippen molar-refractivity contribution in [3.8, 4) is 0 Å². The zero-order chi connectivity index (χ0) is 24.3. The number of nitrogens with zero attached hydrogens (tertiary/aromatic N) is 3. The van der Waals surface area contributed by atoms with Crippen LogP contribution in [-0.4, -0.2) is 35.3 Å². The Balaban J connectivity index is 1.66. The first kappa shape index (κ1) is 24.2. The smallest absolute Gasteiger partial charge is 0.254 e. The van der Waals surface area contributed by atoms with Gasteiger partial charge >= 0.3 is 0 Å². The van der Waals surface area contributed by atoms with Gasteiger partial charge in [-0.2, -0.15) is 0 Å². The van der Waals surface area contributed by atoms with Gasteiger partial charge in [0, 0.05) is 18.7 Å². The van der Waals surface area contributed by atoms with E-state index in [0.29, 0.717) is 31.1 Å². The van der Waals surface area contributed by atoms with Crippen LogP contribution in [0.2, 0.25) is 0 Å². The molecule has 1 amide bonds. The number of aryl methyl sites for hydroxylation is 1. The average Bonchev–Trinajstić information content (AvgIpc) is 3.54. The maximum atomic E-state index is 13.4. The molecule has 0 saturated heterocycles. The van der Waals surface area contributed by atoms with Gasteiger partial charge in [-0.3, -0.25) is 4.79 Å². The zero-order valence-electron chi connectivity index (χ0n) is 20.1. The molecule has 0 radical (unpaired) electrons. The van der Waals surface area contributed by atoms with E-state index in [9.17, 15) is 13.2 Å². The molecule has 7 heteroatoms. The van der Waals surface area contributed by atoms with E-state index in [2.05, 4.69) is 18.8 Å². The molecule has 34 heavy (non-hydrogen) atoms. The minimum Gasteiger partial charge on any atom is -0.332 e. The molecule has 0 atom stereocenters. The van der Waals surface area contributed by atoms with Crippen LogP contribution in [0.4, 0.5) is 0 Å². The lowest BCUT2D eigenvalue weighted by atomic mass is 10.1. The topological polar surface area (TPSA) is 72.3 Å². The monoisotopic (exact) mass is 479 g/mol. The number of hydrogen-bond donors (Lipinski definition) is 0. The number of carbonyl (C=O) groups excluding carboxylic acids is 1. The second-order valence-electron chi connectivity index (χ2n) is 9.72. The number of rotatable bonds is 10. The highest BCUT2D eigenvalue weighted by molar-refractivity contribution is 7.90. The molecule has 0 N–H and O–H groups in total. The summed E-state index contributed by atoms with van der Waals surface area (Å²) in [6, 6.07) is 16.8. The molecule has 1 aliphatic carbocycles. The number of hydrogen-bond acceptors (Lipinski definition) is 4. The van der Waals surface area contributed by atoms with Gasteiger partial charge < -0.3 is 9.47 Å². The van der Waals surface area contributed by atoms with Gasteiger partial charge in [-0.05, 0) is 54.9 Å². The van der Waals surface area contributed by atoms with E-state index in [1.807, 2.05) is 66.4 Å². The number of amides is 1. The van der Waals surface area contributed by atoms with Crippen molar-refractivity contribution < 1.29 is 13.2 Å². The minimum absolute atomic E-state index is 0.0332. The van der Waals surface area contributed by atoms with Crippen molar-refractivity contribution in [1.29, 1.82) is 0 Å². The van der Waals surface area contributed by atoms with Crippen LogP contribution >= 0.6 is 0 Å². The predicted octanol–water partition coefficient (Wildman–Crippen LogP) is 4.87. The Morgan fingerprint density at radius 3 is 2.41 bits per heavy atom. The highest BCUT2D eigenvalue weighted by Crippen LogP contribution is 2.31. The van der Waals surface area contributed by atoms with E-state index in [1.165, 1.54) is 0 Å². The largest absolute Gasteiger partial charge is 0.332 e. The average molecular weight is 480 g/mol. The summed E-state index contributed by atoms with van der Waals surface area (Å²) in [5, 5.41) is 0.0815. The summed E-state index contributed by atoms with van der Waals surface area (Å²) in [6.45, 7) is 7.56. The molecular formula is C27H33N3O3S. The summed E-state index contributed by atoms with van der Waals surface area (Å²) in [7, 11) is -3.66. The lowest BCUT2D eigenvalue weighted by Gasteiger charge is -2.24. The highest BCUT2D eigenvalue weighted by atomic mass is 32.2. The van der Waals surface area contributed by atoms with Crippen LogP contribution in [0.3, 0.4) is 0 Å². The van der Waals surface area contributed by atoms with Crippen LogP contribution < -0.4 is 0 Å². The van der Waals surface area contributed by atoms with Gasteiger partial charge in [0.1, 0.15) is 0 Å². The fourth-order valence-corrected chi connectivity index (χ4v) is 5.76. The van der Waals surface area contributed by atoms with Gasteiger partial charge in [0.05, 0.1) is 24.2 Å². The van der Waals surface area contributed by atoms with E-state index in [1.54, 1.807) is 10.8 Å². The quantitative estimate of drug-likeness (QED) is 0.416. The maximum absolute atomic E-state index is 13.4.